The molecule has 2 nitrogen and oxygen atoms in total. The van der Waals surface area contributed by atoms with Gasteiger partial charge in [-0.1, -0.05) is 39.0 Å². The summed E-state index contributed by atoms with van der Waals surface area (Å²) in [5.74, 6) is 0. The predicted molar refractivity (Wildman–Crippen MR) is 67.6 cm³/mol. The molecule has 0 spiro atoms. The number of hydrogen-bond acceptors (Lipinski definition) is 2. The van der Waals surface area contributed by atoms with Gasteiger partial charge in [0.2, 0.25) is 0 Å². The molecule has 0 aromatic heterocycles. The third-order valence-corrected chi connectivity index (χ3v) is 3.85. The van der Waals surface area contributed by atoms with Crippen molar-refractivity contribution in [2.24, 2.45) is 0 Å². The van der Waals surface area contributed by atoms with E-state index in [2.05, 4.69) is 6.92 Å². The van der Waals surface area contributed by atoms with Crippen molar-refractivity contribution >= 4 is 0 Å². The van der Waals surface area contributed by atoms with Crippen molar-refractivity contribution in [1.29, 1.82) is 0 Å². The molecule has 2 atom stereocenters. The third kappa shape index (κ3) is 4.84. The van der Waals surface area contributed by atoms with Crippen LogP contribution < -0.4 is 0 Å². The second kappa shape index (κ2) is 7.29. The van der Waals surface area contributed by atoms with Gasteiger partial charge in [-0.05, 0) is 25.7 Å². The average molecular weight is 228 g/mol. The Balaban J connectivity index is 2.17. The van der Waals surface area contributed by atoms with Gasteiger partial charge in [-0.15, -0.1) is 0 Å². The van der Waals surface area contributed by atoms with Crippen LogP contribution in [0, 0.1) is 0 Å². The SMILES string of the molecule is CCCCCCCC1(O)CCCC(OC)C1. The fourth-order valence-corrected chi connectivity index (χ4v) is 2.77. The summed E-state index contributed by atoms with van der Waals surface area (Å²) in [6, 6.07) is 0. The maximum absolute atomic E-state index is 10.4. The van der Waals surface area contributed by atoms with E-state index in [0.717, 1.165) is 32.1 Å². The summed E-state index contributed by atoms with van der Waals surface area (Å²) in [7, 11) is 1.76. The molecule has 1 fully saturated rings. The van der Waals surface area contributed by atoms with Crippen molar-refractivity contribution in [1.82, 2.24) is 0 Å². The van der Waals surface area contributed by atoms with Crippen LogP contribution in [0.5, 0.6) is 0 Å². The van der Waals surface area contributed by atoms with Gasteiger partial charge in [-0.25, -0.2) is 0 Å². The zero-order chi connectivity index (χ0) is 11.9. The molecule has 0 radical (unpaired) electrons. The molecular formula is C14H28O2. The van der Waals surface area contributed by atoms with Crippen LogP contribution in [0.1, 0.15) is 71.1 Å². The highest BCUT2D eigenvalue weighted by Gasteiger charge is 2.33. The molecule has 0 bridgehead atoms. The van der Waals surface area contributed by atoms with E-state index in [-0.39, 0.29) is 6.10 Å². The Morgan fingerprint density at radius 1 is 1.25 bits per heavy atom. The zero-order valence-electron chi connectivity index (χ0n) is 11.0. The van der Waals surface area contributed by atoms with E-state index in [1.54, 1.807) is 7.11 Å². The molecule has 1 N–H and O–H groups in total. The van der Waals surface area contributed by atoms with Crippen LogP contribution in [0.4, 0.5) is 0 Å². The van der Waals surface area contributed by atoms with Gasteiger partial charge in [0, 0.05) is 13.5 Å². The summed E-state index contributed by atoms with van der Waals surface area (Å²) in [4.78, 5) is 0. The monoisotopic (exact) mass is 228 g/mol. The van der Waals surface area contributed by atoms with E-state index >= 15 is 0 Å². The molecule has 1 saturated carbocycles. The highest BCUT2D eigenvalue weighted by atomic mass is 16.5. The summed E-state index contributed by atoms with van der Waals surface area (Å²) in [6.45, 7) is 2.23. The minimum absolute atomic E-state index is 0.286. The lowest BCUT2D eigenvalue weighted by Crippen LogP contribution is -2.38. The molecule has 0 amide bonds. The summed E-state index contributed by atoms with van der Waals surface area (Å²) in [5.41, 5.74) is -0.425. The van der Waals surface area contributed by atoms with E-state index in [0.29, 0.717) is 0 Å². The van der Waals surface area contributed by atoms with Gasteiger partial charge in [0.15, 0.2) is 0 Å². The number of aliphatic hydroxyl groups is 1. The molecular weight excluding hydrogens is 200 g/mol. The Hall–Kier alpha value is -0.0800. The average Bonchev–Trinajstić information content (AvgIpc) is 2.29. The smallest absolute Gasteiger partial charge is 0.0672 e. The second-order valence-electron chi connectivity index (χ2n) is 5.34. The third-order valence-electron chi connectivity index (χ3n) is 3.85. The molecule has 0 saturated heterocycles. The number of ether oxygens (including phenoxy) is 1. The van der Waals surface area contributed by atoms with Crippen LogP contribution in [0.2, 0.25) is 0 Å². The topological polar surface area (TPSA) is 29.5 Å². The first-order chi connectivity index (χ1) is 7.70. The number of methoxy groups -OCH3 is 1. The van der Waals surface area contributed by atoms with Gasteiger partial charge in [-0.2, -0.15) is 0 Å². The Morgan fingerprint density at radius 2 is 2.00 bits per heavy atom. The largest absolute Gasteiger partial charge is 0.390 e. The van der Waals surface area contributed by atoms with E-state index in [1.165, 1.54) is 32.1 Å². The molecule has 0 aromatic carbocycles. The lowest BCUT2D eigenvalue weighted by molar-refractivity contribution is -0.0644. The highest BCUT2D eigenvalue weighted by Crippen LogP contribution is 2.33. The minimum Gasteiger partial charge on any atom is -0.390 e. The van der Waals surface area contributed by atoms with E-state index < -0.39 is 5.60 Å². The second-order valence-corrected chi connectivity index (χ2v) is 5.34. The van der Waals surface area contributed by atoms with Gasteiger partial charge in [-0.3, -0.25) is 0 Å². The molecule has 1 rings (SSSR count). The maximum atomic E-state index is 10.4. The number of unbranched alkanes of at least 4 members (excludes halogenated alkanes) is 4. The van der Waals surface area contributed by atoms with E-state index in [9.17, 15) is 5.11 Å². The maximum Gasteiger partial charge on any atom is 0.0672 e. The van der Waals surface area contributed by atoms with Crippen LogP contribution in [-0.2, 0) is 4.74 Å². The Bertz CT molecular complexity index is 182. The molecule has 96 valence electrons. The molecule has 16 heavy (non-hydrogen) atoms. The van der Waals surface area contributed by atoms with Crippen molar-refractivity contribution in [3.8, 4) is 0 Å². The summed E-state index contributed by atoms with van der Waals surface area (Å²) in [5, 5.41) is 10.4. The quantitative estimate of drug-likeness (QED) is 0.674. The minimum atomic E-state index is -0.425. The first kappa shape index (κ1) is 14.0. The van der Waals surface area contributed by atoms with Gasteiger partial charge in [0.05, 0.1) is 11.7 Å². The normalized spacial score (nSPS) is 30.6. The van der Waals surface area contributed by atoms with Gasteiger partial charge >= 0.3 is 0 Å². The van der Waals surface area contributed by atoms with Gasteiger partial charge < -0.3 is 9.84 Å². The first-order valence-corrected chi connectivity index (χ1v) is 6.95. The molecule has 0 aliphatic heterocycles. The van der Waals surface area contributed by atoms with Crippen LogP contribution in [0.25, 0.3) is 0 Å². The van der Waals surface area contributed by atoms with E-state index in [4.69, 9.17) is 4.74 Å². The molecule has 0 aromatic rings. The fraction of sp³-hybridized carbons (Fsp3) is 1.00. The summed E-state index contributed by atoms with van der Waals surface area (Å²) < 4.78 is 5.37. The number of hydrogen-bond donors (Lipinski definition) is 1. The Morgan fingerprint density at radius 3 is 2.69 bits per heavy atom. The van der Waals surface area contributed by atoms with Gasteiger partial charge in [0.25, 0.3) is 0 Å². The Labute approximate surface area is 100 Å². The predicted octanol–water partition coefficient (Wildman–Crippen LogP) is 3.67. The van der Waals surface area contributed by atoms with Crippen molar-refractivity contribution < 1.29 is 9.84 Å². The molecule has 2 heteroatoms. The molecule has 1 aliphatic rings. The fourth-order valence-electron chi connectivity index (χ4n) is 2.77. The van der Waals surface area contributed by atoms with Crippen molar-refractivity contribution in [2.75, 3.05) is 7.11 Å². The summed E-state index contributed by atoms with van der Waals surface area (Å²) in [6.07, 6.45) is 11.7. The lowest BCUT2D eigenvalue weighted by atomic mass is 9.79. The first-order valence-electron chi connectivity index (χ1n) is 6.95. The standard InChI is InChI=1S/C14H28O2/c1-3-4-5-6-7-10-14(15)11-8-9-13(12-14)16-2/h13,15H,3-12H2,1-2H3. The molecule has 1 aliphatic carbocycles. The van der Waals surface area contributed by atoms with Crippen LogP contribution in [0.15, 0.2) is 0 Å². The van der Waals surface area contributed by atoms with Crippen LogP contribution >= 0.6 is 0 Å². The summed E-state index contributed by atoms with van der Waals surface area (Å²) >= 11 is 0. The van der Waals surface area contributed by atoms with Crippen molar-refractivity contribution in [3.63, 3.8) is 0 Å². The van der Waals surface area contributed by atoms with Crippen molar-refractivity contribution in [2.45, 2.75) is 82.8 Å². The van der Waals surface area contributed by atoms with E-state index in [1.807, 2.05) is 0 Å². The lowest BCUT2D eigenvalue weighted by Gasteiger charge is -2.36. The molecule has 2 unspecified atom stereocenters. The molecule has 0 heterocycles. The number of rotatable bonds is 7. The Kier molecular flexibility index (Phi) is 6.37. The highest BCUT2D eigenvalue weighted by molar-refractivity contribution is 4.86. The van der Waals surface area contributed by atoms with Gasteiger partial charge in [0.1, 0.15) is 0 Å². The zero-order valence-corrected chi connectivity index (χ0v) is 11.0. The van der Waals surface area contributed by atoms with Crippen LogP contribution in [-0.4, -0.2) is 23.9 Å². The van der Waals surface area contributed by atoms with Crippen LogP contribution in [0.3, 0.4) is 0 Å². The van der Waals surface area contributed by atoms with Crippen molar-refractivity contribution in [3.05, 3.63) is 0 Å².